The molecule has 6 heteroatoms. The van der Waals surface area contributed by atoms with Crippen LogP contribution in [0.3, 0.4) is 0 Å². The van der Waals surface area contributed by atoms with Crippen LogP contribution in [0.25, 0.3) is 22.2 Å². The van der Waals surface area contributed by atoms with E-state index in [0.717, 1.165) is 66.0 Å². The summed E-state index contributed by atoms with van der Waals surface area (Å²) < 4.78 is 7.40. The van der Waals surface area contributed by atoms with Gasteiger partial charge in [-0.3, -0.25) is 9.48 Å². The number of benzene rings is 1. The third kappa shape index (κ3) is 3.12. The van der Waals surface area contributed by atoms with Gasteiger partial charge in [-0.25, -0.2) is 4.98 Å². The lowest BCUT2D eigenvalue weighted by atomic mass is 9.92. The van der Waals surface area contributed by atoms with Crippen LogP contribution >= 0.6 is 0 Å². The van der Waals surface area contributed by atoms with E-state index < -0.39 is 0 Å². The van der Waals surface area contributed by atoms with Crippen LogP contribution in [-0.4, -0.2) is 51.9 Å². The van der Waals surface area contributed by atoms with Crippen molar-refractivity contribution in [2.75, 3.05) is 26.3 Å². The number of amides is 1. The van der Waals surface area contributed by atoms with Gasteiger partial charge in [0.1, 0.15) is 0 Å². The highest BCUT2D eigenvalue weighted by Crippen LogP contribution is 2.33. The molecule has 2 aromatic heterocycles. The van der Waals surface area contributed by atoms with Crippen LogP contribution in [0.5, 0.6) is 0 Å². The second-order valence-corrected chi connectivity index (χ2v) is 8.46. The highest BCUT2D eigenvalue weighted by Gasteiger charge is 2.37. The number of hydrogen-bond acceptors (Lipinski definition) is 4. The molecule has 2 aliphatic rings. The Balaban J connectivity index is 1.62. The van der Waals surface area contributed by atoms with Gasteiger partial charge in [0, 0.05) is 49.8 Å². The van der Waals surface area contributed by atoms with Crippen LogP contribution in [0.1, 0.15) is 27.9 Å². The van der Waals surface area contributed by atoms with Crippen molar-refractivity contribution in [2.24, 2.45) is 18.9 Å². The zero-order chi connectivity index (χ0) is 20.1. The minimum Gasteiger partial charge on any atom is -0.381 e. The van der Waals surface area contributed by atoms with Gasteiger partial charge in [0.25, 0.3) is 5.91 Å². The fourth-order valence-corrected chi connectivity index (χ4v) is 4.67. The van der Waals surface area contributed by atoms with E-state index in [1.165, 1.54) is 5.56 Å². The van der Waals surface area contributed by atoms with E-state index in [-0.39, 0.29) is 5.91 Å². The number of nitrogens with zero attached hydrogens (tertiary/aromatic N) is 4. The summed E-state index contributed by atoms with van der Waals surface area (Å²) in [4.78, 5) is 20.6. The Morgan fingerprint density at radius 2 is 2.03 bits per heavy atom. The van der Waals surface area contributed by atoms with Gasteiger partial charge in [0.2, 0.25) is 0 Å². The van der Waals surface area contributed by atoms with Crippen LogP contribution in [0, 0.1) is 25.7 Å². The average Bonchev–Trinajstić information content (AvgIpc) is 3.36. The number of aromatic nitrogens is 3. The largest absolute Gasteiger partial charge is 0.381 e. The zero-order valence-electron chi connectivity index (χ0n) is 17.2. The number of pyridine rings is 1. The van der Waals surface area contributed by atoms with E-state index in [4.69, 9.17) is 9.72 Å². The first-order chi connectivity index (χ1) is 14.0. The van der Waals surface area contributed by atoms with E-state index in [1.807, 2.05) is 30.3 Å². The van der Waals surface area contributed by atoms with Gasteiger partial charge in [-0.2, -0.15) is 5.10 Å². The number of hydrogen-bond donors (Lipinski definition) is 0. The van der Waals surface area contributed by atoms with Crippen LogP contribution in [0.4, 0.5) is 0 Å². The Kier molecular flexibility index (Phi) is 4.39. The first-order valence-corrected chi connectivity index (χ1v) is 10.3. The molecule has 0 bridgehead atoms. The van der Waals surface area contributed by atoms with Crippen LogP contribution in [-0.2, 0) is 11.8 Å². The molecule has 2 atom stereocenters. The molecule has 150 valence electrons. The smallest absolute Gasteiger partial charge is 0.254 e. The lowest BCUT2D eigenvalue weighted by Gasteiger charge is -2.23. The molecule has 4 heterocycles. The monoisotopic (exact) mass is 390 g/mol. The molecule has 2 aliphatic heterocycles. The summed E-state index contributed by atoms with van der Waals surface area (Å²) in [7, 11) is 1.89. The molecule has 2 unspecified atom stereocenters. The second-order valence-electron chi connectivity index (χ2n) is 8.46. The van der Waals surface area contributed by atoms with Crippen LogP contribution < -0.4 is 0 Å². The molecule has 0 radical (unpaired) electrons. The molecule has 2 fully saturated rings. The Hall–Kier alpha value is -2.73. The molecule has 0 aliphatic carbocycles. The minimum absolute atomic E-state index is 0.0974. The number of aryl methyl sites for hydroxylation is 3. The van der Waals surface area contributed by atoms with Gasteiger partial charge in [0.05, 0.1) is 29.6 Å². The predicted octanol–water partition coefficient (Wildman–Crippen LogP) is 3.36. The summed E-state index contributed by atoms with van der Waals surface area (Å²) in [5, 5.41) is 5.21. The lowest BCUT2D eigenvalue weighted by Crippen LogP contribution is -2.29. The Bertz CT molecular complexity index is 1090. The summed E-state index contributed by atoms with van der Waals surface area (Å²) in [6.07, 6.45) is 4.79. The summed E-state index contributed by atoms with van der Waals surface area (Å²) in [5.41, 5.74) is 5.64. The van der Waals surface area contributed by atoms with E-state index in [9.17, 15) is 4.79 Å². The third-order valence-corrected chi connectivity index (χ3v) is 6.56. The quantitative estimate of drug-likeness (QED) is 0.673. The van der Waals surface area contributed by atoms with Crippen molar-refractivity contribution in [3.05, 3.63) is 47.3 Å². The predicted molar refractivity (Wildman–Crippen MR) is 112 cm³/mol. The van der Waals surface area contributed by atoms with E-state index in [0.29, 0.717) is 11.8 Å². The van der Waals surface area contributed by atoms with Gasteiger partial charge in [0.15, 0.2) is 0 Å². The molecule has 3 aromatic rings. The number of likely N-dealkylation sites (tertiary alicyclic amines) is 1. The number of rotatable bonds is 2. The summed E-state index contributed by atoms with van der Waals surface area (Å²) in [6.45, 7) is 7.34. The van der Waals surface area contributed by atoms with Crippen molar-refractivity contribution in [1.29, 1.82) is 0 Å². The van der Waals surface area contributed by atoms with Crippen LogP contribution in [0.2, 0.25) is 0 Å². The van der Waals surface area contributed by atoms with Crippen molar-refractivity contribution in [3.63, 3.8) is 0 Å². The fraction of sp³-hybridized carbons (Fsp3) is 0.435. The molecule has 1 aromatic carbocycles. The highest BCUT2D eigenvalue weighted by molar-refractivity contribution is 6.08. The van der Waals surface area contributed by atoms with E-state index >= 15 is 0 Å². The summed E-state index contributed by atoms with van der Waals surface area (Å²) in [5.74, 6) is 1.12. The molecule has 0 spiro atoms. The lowest BCUT2D eigenvalue weighted by molar-refractivity contribution is 0.0370. The second kappa shape index (κ2) is 6.95. The molecule has 5 rings (SSSR count). The molecule has 0 saturated carbocycles. The molecule has 1 amide bonds. The maximum Gasteiger partial charge on any atom is 0.254 e. The first-order valence-electron chi connectivity index (χ1n) is 10.3. The maximum absolute atomic E-state index is 13.6. The Morgan fingerprint density at radius 3 is 2.79 bits per heavy atom. The molecular formula is C23H26N4O2. The first kappa shape index (κ1) is 18.3. The van der Waals surface area contributed by atoms with E-state index in [1.54, 1.807) is 10.9 Å². The Labute approximate surface area is 170 Å². The maximum atomic E-state index is 13.6. The van der Waals surface area contributed by atoms with Gasteiger partial charge in [-0.05, 0) is 43.4 Å². The van der Waals surface area contributed by atoms with Crippen molar-refractivity contribution in [2.45, 2.75) is 20.3 Å². The van der Waals surface area contributed by atoms with Gasteiger partial charge in [-0.15, -0.1) is 0 Å². The Morgan fingerprint density at radius 1 is 1.21 bits per heavy atom. The van der Waals surface area contributed by atoms with Gasteiger partial charge in [-0.1, -0.05) is 12.1 Å². The van der Waals surface area contributed by atoms with E-state index in [2.05, 4.69) is 25.0 Å². The SMILES string of the molecule is Cc1ccc2c(C(=O)N3CC4CCOCC4C3)cc(-c3cnn(C)c3)nc2c1C. The van der Waals surface area contributed by atoms with Gasteiger partial charge < -0.3 is 9.64 Å². The number of ether oxygens (including phenoxy) is 1. The van der Waals surface area contributed by atoms with Gasteiger partial charge >= 0.3 is 0 Å². The molecule has 2 saturated heterocycles. The fourth-order valence-electron chi connectivity index (χ4n) is 4.67. The number of carbonyl (C=O) groups excluding carboxylic acids is 1. The molecule has 29 heavy (non-hydrogen) atoms. The standard InChI is InChI=1S/C23H26N4O2/c1-14-4-5-19-20(23(28)27-11-16-6-7-29-13-18(16)12-27)8-21(25-22(19)15(14)2)17-9-24-26(3)10-17/h4-5,8-10,16,18H,6-7,11-13H2,1-3H3. The number of fused-ring (bicyclic) bond motifs is 2. The summed E-state index contributed by atoms with van der Waals surface area (Å²) >= 11 is 0. The molecular weight excluding hydrogens is 364 g/mol. The minimum atomic E-state index is 0.0974. The topological polar surface area (TPSA) is 60.3 Å². The van der Waals surface area contributed by atoms with Crippen LogP contribution in [0.15, 0.2) is 30.6 Å². The average molecular weight is 390 g/mol. The van der Waals surface area contributed by atoms with Crippen molar-refractivity contribution in [3.8, 4) is 11.3 Å². The normalized spacial score (nSPS) is 21.6. The highest BCUT2D eigenvalue weighted by atomic mass is 16.5. The van der Waals surface area contributed by atoms with Crippen molar-refractivity contribution < 1.29 is 9.53 Å². The zero-order valence-corrected chi connectivity index (χ0v) is 17.2. The van der Waals surface area contributed by atoms with Crippen molar-refractivity contribution >= 4 is 16.8 Å². The molecule has 0 N–H and O–H groups in total. The molecule has 6 nitrogen and oxygen atoms in total. The number of carbonyl (C=O) groups is 1. The van der Waals surface area contributed by atoms with Crippen molar-refractivity contribution in [1.82, 2.24) is 19.7 Å². The third-order valence-electron chi connectivity index (χ3n) is 6.56. The summed E-state index contributed by atoms with van der Waals surface area (Å²) in [6, 6.07) is 6.06.